The van der Waals surface area contributed by atoms with Gasteiger partial charge in [0.15, 0.2) is 0 Å². The van der Waals surface area contributed by atoms with E-state index in [0.29, 0.717) is 5.56 Å². The number of para-hydroxylation sites is 1. The Bertz CT molecular complexity index is 855. The zero-order valence-electron chi connectivity index (χ0n) is 13.4. The van der Waals surface area contributed by atoms with Crippen LogP contribution in [0.1, 0.15) is 11.1 Å². The summed E-state index contributed by atoms with van der Waals surface area (Å²) in [5.41, 5.74) is 4.92. The summed E-state index contributed by atoms with van der Waals surface area (Å²) < 4.78 is 0. The molecule has 0 unspecified atom stereocenters. The van der Waals surface area contributed by atoms with Crippen LogP contribution in [0, 0.1) is 11.3 Å². The van der Waals surface area contributed by atoms with Gasteiger partial charge in [-0.25, -0.2) is 0 Å². The maximum atomic E-state index is 9.20. The normalized spacial score (nSPS) is 10.9. The van der Waals surface area contributed by atoms with E-state index < -0.39 is 0 Å². The molecule has 0 amide bonds. The number of likely N-dealkylation sites (N-methyl/N-ethyl adjacent to an activating group) is 1. The number of hydrogen-bond donors (Lipinski definition) is 2. The number of nitrogens with one attached hydrogen (secondary N) is 2. The highest BCUT2D eigenvalue weighted by Gasteiger charge is 2.07. The molecule has 0 bridgehead atoms. The predicted molar refractivity (Wildman–Crippen MR) is 95.0 cm³/mol. The van der Waals surface area contributed by atoms with Gasteiger partial charge in [-0.3, -0.25) is 0 Å². The summed E-state index contributed by atoms with van der Waals surface area (Å²) in [6.45, 7) is 1.02. The van der Waals surface area contributed by atoms with Gasteiger partial charge >= 0.3 is 0 Å². The molecule has 0 aliphatic rings. The van der Waals surface area contributed by atoms with Gasteiger partial charge in [0.05, 0.1) is 11.3 Å². The summed E-state index contributed by atoms with van der Waals surface area (Å²) in [5, 5.41) is 13.8. The Morgan fingerprint density at radius 2 is 2.00 bits per heavy atom. The Morgan fingerprint density at radius 3 is 2.78 bits per heavy atom. The first-order chi connectivity index (χ1) is 11.2. The molecular weight excluding hydrogens is 284 g/mol. The molecule has 3 aromatic rings. The largest absolute Gasteiger partial charge is 0.361 e. The van der Waals surface area contributed by atoms with Crippen molar-refractivity contribution in [2.45, 2.75) is 6.42 Å². The van der Waals surface area contributed by atoms with Crippen LogP contribution in [-0.4, -0.2) is 30.5 Å². The Labute approximate surface area is 136 Å². The third kappa shape index (κ3) is 3.36. The lowest BCUT2D eigenvalue weighted by Gasteiger charge is -2.10. The molecule has 0 spiro atoms. The molecule has 0 fully saturated rings. The highest BCUT2D eigenvalue weighted by molar-refractivity contribution is 5.87. The summed E-state index contributed by atoms with van der Waals surface area (Å²) in [7, 11) is 4.17. The molecule has 0 saturated carbocycles. The van der Waals surface area contributed by atoms with Gasteiger partial charge in [-0.05, 0) is 56.4 Å². The molecule has 0 radical (unpaired) electrons. The molecule has 2 aromatic carbocycles. The lowest BCUT2D eigenvalue weighted by atomic mass is 10.1. The van der Waals surface area contributed by atoms with Crippen molar-refractivity contribution < 1.29 is 0 Å². The number of nitriles is 1. The molecule has 116 valence electrons. The first-order valence-electron chi connectivity index (χ1n) is 7.68. The van der Waals surface area contributed by atoms with E-state index in [9.17, 15) is 5.26 Å². The number of aromatic nitrogens is 1. The number of nitrogens with zero attached hydrogens (tertiary/aromatic N) is 2. The molecule has 1 heterocycles. The van der Waals surface area contributed by atoms with Crippen LogP contribution in [0.3, 0.4) is 0 Å². The van der Waals surface area contributed by atoms with Crippen molar-refractivity contribution >= 4 is 22.3 Å². The number of benzene rings is 2. The van der Waals surface area contributed by atoms with Crippen molar-refractivity contribution in [3.63, 3.8) is 0 Å². The molecule has 2 N–H and O–H groups in total. The van der Waals surface area contributed by atoms with Crippen molar-refractivity contribution in [2.75, 3.05) is 26.0 Å². The third-order valence-corrected chi connectivity index (χ3v) is 3.92. The van der Waals surface area contributed by atoms with Gasteiger partial charge in [0, 0.05) is 29.3 Å². The molecule has 0 aliphatic carbocycles. The van der Waals surface area contributed by atoms with E-state index in [4.69, 9.17) is 0 Å². The highest BCUT2D eigenvalue weighted by atomic mass is 15.0. The van der Waals surface area contributed by atoms with E-state index in [1.807, 2.05) is 30.3 Å². The zero-order chi connectivity index (χ0) is 16.2. The SMILES string of the molecule is CN(C)CCc1c[nH]c2ccc(Nc3ccccc3C#N)cc12. The molecular formula is C19H20N4. The van der Waals surface area contributed by atoms with E-state index >= 15 is 0 Å². The number of fused-ring (bicyclic) bond motifs is 1. The van der Waals surface area contributed by atoms with Crippen LogP contribution in [0.2, 0.25) is 0 Å². The van der Waals surface area contributed by atoms with E-state index in [1.54, 1.807) is 0 Å². The zero-order valence-corrected chi connectivity index (χ0v) is 13.4. The van der Waals surface area contributed by atoms with E-state index in [2.05, 4.69) is 53.7 Å². The summed E-state index contributed by atoms with van der Waals surface area (Å²) >= 11 is 0. The summed E-state index contributed by atoms with van der Waals surface area (Å²) in [6.07, 6.45) is 3.09. The van der Waals surface area contributed by atoms with Gasteiger partial charge in [0.25, 0.3) is 0 Å². The van der Waals surface area contributed by atoms with Crippen molar-refractivity contribution in [3.8, 4) is 6.07 Å². The monoisotopic (exact) mass is 304 g/mol. The average Bonchev–Trinajstić information content (AvgIpc) is 2.96. The summed E-state index contributed by atoms with van der Waals surface area (Å²) in [5.74, 6) is 0. The summed E-state index contributed by atoms with van der Waals surface area (Å²) in [4.78, 5) is 5.51. The fourth-order valence-corrected chi connectivity index (χ4v) is 2.65. The predicted octanol–water partition coefficient (Wildman–Crippen LogP) is 3.89. The molecule has 4 nitrogen and oxygen atoms in total. The van der Waals surface area contributed by atoms with Crippen LogP contribution >= 0.6 is 0 Å². The van der Waals surface area contributed by atoms with Crippen molar-refractivity contribution in [1.29, 1.82) is 5.26 Å². The van der Waals surface area contributed by atoms with Crippen LogP contribution in [0.25, 0.3) is 10.9 Å². The van der Waals surface area contributed by atoms with Gasteiger partial charge in [0.1, 0.15) is 6.07 Å². The van der Waals surface area contributed by atoms with E-state index in [1.165, 1.54) is 10.9 Å². The molecule has 4 heteroatoms. The Kier molecular flexibility index (Phi) is 4.31. The number of H-pyrrole nitrogens is 1. The minimum atomic E-state index is 0.648. The highest BCUT2D eigenvalue weighted by Crippen LogP contribution is 2.26. The second-order valence-electron chi connectivity index (χ2n) is 5.91. The van der Waals surface area contributed by atoms with Crippen LogP contribution in [0.15, 0.2) is 48.7 Å². The van der Waals surface area contributed by atoms with Crippen LogP contribution in [0.5, 0.6) is 0 Å². The Morgan fingerprint density at radius 1 is 1.17 bits per heavy atom. The standard InChI is InChI=1S/C19H20N4/c1-23(2)10-9-15-13-21-19-8-7-16(11-17(15)19)22-18-6-4-3-5-14(18)12-20/h3-8,11,13,21-22H,9-10H2,1-2H3. The Balaban J connectivity index is 1.90. The first-order valence-corrected chi connectivity index (χ1v) is 7.68. The van der Waals surface area contributed by atoms with E-state index in [0.717, 1.165) is 29.9 Å². The molecule has 3 rings (SSSR count). The lowest BCUT2D eigenvalue weighted by molar-refractivity contribution is 0.414. The first kappa shape index (κ1) is 15.1. The van der Waals surface area contributed by atoms with Gasteiger partial charge in [-0.1, -0.05) is 12.1 Å². The van der Waals surface area contributed by atoms with E-state index in [-0.39, 0.29) is 0 Å². The van der Waals surface area contributed by atoms with Crippen molar-refractivity contribution in [3.05, 3.63) is 59.8 Å². The smallest absolute Gasteiger partial charge is 0.101 e. The average molecular weight is 304 g/mol. The number of aromatic amines is 1. The lowest BCUT2D eigenvalue weighted by Crippen LogP contribution is -2.14. The van der Waals surface area contributed by atoms with Gasteiger partial charge in [-0.15, -0.1) is 0 Å². The maximum Gasteiger partial charge on any atom is 0.101 e. The second kappa shape index (κ2) is 6.55. The quantitative estimate of drug-likeness (QED) is 0.752. The Hall–Kier alpha value is -2.77. The number of anilines is 2. The van der Waals surface area contributed by atoms with Gasteiger partial charge in [0.2, 0.25) is 0 Å². The second-order valence-corrected chi connectivity index (χ2v) is 5.91. The van der Waals surface area contributed by atoms with Crippen LogP contribution in [0.4, 0.5) is 11.4 Å². The van der Waals surface area contributed by atoms with Crippen molar-refractivity contribution in [1.82, 2.24) is 9.88 Å². The number of rotatable bonds is 5. The molecule has 0 aliphatic heterocycles. The molecule has 0 saturated heterocycles. The fourth-order valence-electron chi connectivity index (χ4n) is 2.65. The van der Waals surface area contributed by atoms with Crippen LogP contribution in [-0.2, 0) is 6.42 Å². The van der Waals surface area contributed by atoms with Gasteiger partial charge < -0.3 is 15.2 Å². The number of hydrogen-bond acceptors (Lipinski definition) is 3. The summed E-state index contributed by atoms with van der Waals surface area (Å²) in [6, 6.07) is 16.0. The minimum absolute atomic E-state index is 0.648. The fraction of sp³-hybridized carbons (Fsp3) is 0.211. The van der Waals surface area contributed by atoms with Crippen LogP contribution < -0.4 is 5.32 Å². The van der Waals surface area contributed by atoms with Crippen molar-refractivity contribution in [2.24, 2.45) is 0 Å². The third-order valence-electron chi connectivity index (χ3n) is 3.92. The minimum Gasteiger partial charge on any atom is -0.361 e. The molecule has 1 aromatic heterocycles. The molecule has 23 heavy (non-hydrogen) atoms. The molecule has 0 atom stereocenters. The maximum absolute atomic E-state index is 9.20. The topological polar surface area (TPSA) is 54.9 Å². The van der Waals surface area contributed by atoms with Gasteiger partial charge in [-0.2, -0.15) is 5.26 Å².